The molecule has 1 fully saturated rings. The zero-order valence-electron chi connectivity index (χ0n) is 19.1. The first-order valence-electron chi connectivity index (χ1n) is 11.1. The molecule has 0 unspecified atom stereocenters. The Kier molecular flexibility index (Phi) is 6.86. The number of hydrogen-bond donors (Lipinski definition) is 1. The number of amides is 3. The third-order valence-electron chi connectivity index (χ3n) is 6.11. The maximum Gasteiger partial charge on any atom is 0.321 e. The summed E-state index contributed by atoms with van der Waals surface area (Å²) in [6, 6.07) is 13.5. The minimum Gasteiger partial charge on any atom is -0.338 e. The molecule has 4 rings (SSSR count). The Morgan fingerprint density at radius 3 is 2.21 bits per heavy atom. The number of carbonyl (C=O) groups excluding carboxylic acids is 2. The van der Waals surface area contributed by atoms with Gasteiger partial charge in [0.1, 0.15) is 11.6 Å². The summed E-state index contributed by atoms with van der Waals surface area (Å²) in [5.74, 6) is -1.33. The van der Waals surface area contributed by atoms with Gasteiger partial charge < -0.3 is 15.1 Å². The molecule has 1 aliphatic heterocycles. The molecule has 6 nitrogen and oxygen atoms in total. The number of nitrogens with zero attached hydrogens (tertiary/aromatic N) is 3. The number of hydrogen-bond acceptors (Lipinski definition) is 3. The highest BCUT2D eigenvalue weighted by Crippen LogP contribution is 2.24. The zero-order valence-corrected chi connectivity index (χ0v) is 19.1. The first-order chi connectivity index (χ1) is 16.3. The van der Waals surface area contributed by atoms with E-state index in [1.807, 2.05) is 13.0 Å². The van der Waals surface area contributed by atoms with Gasteiger partial charge in [0.25, 0.3) is 5.91 Å². The van der Waals surface area contributed by atoms with E-state index in [1.54, 1.807) is 53.4 Å². The molecular formula is C26H26F2N4O2. The smallest absolute Gasteiger partial charge is 0.321 e. The quantitative estimate of drug-likeness (QED) is 0.584. The van der Waals surface area contributed by atoms with Crippen LogP contribution in [0.4, 0.5) is 19.3 Å². The number of nitrogens with one attached hydrogen (secondary N) is 1. The fourth-order valence-corrected chi connectivity index (χ4v) is 4.08. The average molecular weight is 465 g/mol. The molecule has 0 radical (unpaired) electrons. The van der Waals surface area contributed by atoms with E-state index in [2.05, 4.69) is 10.3 Å². The van der Waals surface area contributed by atoms with Crippen LogP contribution in [0, 0.1) is 18.6 Å². The largest absolute Gasteiger partial charge is 0.338 e. The highest BCUT2D eigenvalue weighted by Gasteiger charge is 2.28. The number of benzene rings is 2. The number of likely N-dealkylation sites (tertiary alicyclic amines) is 1. The highest BCUT2D eigenvalue weighted by atomic mass is 19.1. The van der Waals surface area contributed by atoms with Crippen LogP contribution in [0.25, 0.3) is 11.1 Å². The second-order valence-corrected chi connectivity index (χ2v) is 8.49. The molecule has 2 aromatic carbocycles. The summed E-state index contributed by atoms with van der Waals surface area (Å²) in [6.07, 6.45) is 2.96. The van der Waals surface area contributed by atoms with Crippen LogP contribution in [-0.4, -0.2) is 52.9 Å². The number of anilines is 1. The summed E-state index contributed by atoms with van der Waals surface area (Å²) in [5, 5.41) is 2.86. The van der Waals surface area contributed by atoms with Crippen LogP contribution in [0.1, 0.15) is 28.9 Å². The van der Waals surface area contributed by atoms with Gasteiger partial charge in [0, 0.05) is 49.8 Å². The lowest BCUT2D eigenvalue weighted by molar-refractivity contribution is 0.0671. The average Bonchev–Trinajstić information content (AvgIpc) is 2.83. The van der Waals surface area contributed by atoms with Crippen molar-refractivity contribution in [3.63, 3.8) is 0 Å². The second-order valence-electron chi connectivity index (χ2n) is 8.49. The summed E-state index contributed by atoms with van der Waals surface area (Å²) < 4.78 is 26.9. The molecule has 1 aliphatic rings. The van der Waals surface area contributed by atoms with Crippen LogP contribution in [0.2, 0.25) is 0 Å². The standard InChI is InChI=1S/C26H26F2N4O2/c1-17-3-4-19(16-29-17)25(33)32-11-9-24(10-12-32)31(2)26(34)30-23-7-5-18(6-8-23)20-13-21(27)15-22(28)14-20/h3-8,13-16,24H,9-12H2,1-2H3,(H,30,34). The van der Waals surface area contributed by atoms with Crippen LogP contribution < -0.4 is 5.32 Å². The van der Waals surface area contributed by atoms with Crippen LogP contribution in [0.3, 0.4) is 0 Å². The van der Waals surface area contributed by atoms with Gasteiger partial charge in [-0.3, -0.25) is 9.78 Å². The maximum absolute atomic E-state index is 13.5. The molecule has 3 amide bonds. The summed E-state index contributed by atoms with van der Waals surface area (Å²) in [4.78, 5) is 33.1. The van der Waals surface area contributed by atoms with Crippen LogP contribution in [-0.2, 0) is 0 Å². The summed E-state index contributed by atoms with van der Waals surface area (Å²) >= 11 is 0. The Morgan fingerprint density at radius 2 is 1.62 bits per heavy atom. The molecule has 0 saturated carbocycles. The number of piperidine rings is 1. The van der Waals surface area contributed by atoms with E-state index in [4.69, 9.17) is 0 Å². The molecule has 176 valence electrons. The molecule has 3 aromatic rings. The van der Waals surface area contributed by atoms with E-state index >= 15 is 0 Å². The first-order valence-corrected chi connectivity index (χ1v) is 11.1. The van der Waals surface area contributed by atoms with Crippen LogP contribution >= 0.6 is 0 Å². The third kappa shape index (κ3) is 5.39. The van der Waals surface area contributed by atoms with Crippen LogP contribution in [0.15, 0.2) is 60.8 Å². The van der Waals surface area contributed by atoms with Crippen molar-refractivity contribution in [1.29, 1.82) is 0 Å². The van der Waals surface area contributed by atoms with Crippen molar-refractivity contribution in [3.8, 4) is 11.1 Å². The number of aromatic nitrogens is 1. The normalized spacial score (nSPS) is 14.1. The predicted octanol–water partition coefficient (Wildman–Crippen LogP) is 5.10. The van der Waals surface area contributed by atoms with E-state index in [0.717, 1.165) is 11.8 Å². The lowest BCUT2D eigenvalue weighted by Crippen LogP contribution is -2.48. The number of pyridine rings is 1. The number of aryl methyl sites for hydroxylation is 1. The summed E-state index contributed by atoms with van der Waals surface area (Å²) in [5.41, 5.74) is 3.08. The van der Waals surface area contributed by atoms with E-state index in [9.17, 15) is 18.4 Å². The Labute approximate surface area is 197 Å². The monoisotopic (exact) mass is 464 g/mol. The molecule has 0 spiro atoms. The van der Waals surface area contributed by atoms with Gasteiger partial charge in [-0.25, -0.2) is 13.6 Å². The fourth-order valence-electron chi connectivity index (χ4n) is 4.08. The number of rotatable bonds is 4. The summed E-state index contributed by atoms with van der Waals surface area (Å²) in [6.45, 7) is 3.00. The first kappa shape index (κ1) is 23.4. The Hall–Kier alpha value is -3.81. The van der Waals surface area contributed by atoms with Crippen molar-refractivity contribution in [2.45, 2.75) is 25.8 Å². The maximum atomic E-state index is 13.5. The van der Waals surface area contributed by atoms with Gasteiger partial charge in [0.2, 0.25) is 0 Å². The predicted molar refractivity (Wildman–Crippen MR) is 126 cm³/mol. The van der Waals surface area contributed by atoms with E-state index < -0.39 is 11.6 Å². The molecule has 1 aromatic heterocycles. The zero-order chi connectivity index (χ0) is 24.2. The van der Waals surface area contributed by atoms with Gasteiger partial charge in [-0.15, -0.1) is 0 Å². The van der Waals surface area contributed by atoms with Crippen molar-refractivity contribution < 1.29 is 18.4 Å². The van der Waals surface area contributed by atoms with E-state index in [-0.39, 0.29) is 18.0 Å². The van der Waals surface area contributed by atoms with E-state index in [0.29, 0.717) is 48.3 Å². The van der Waals surface area contributed by atoms with Crippen molar-refractivity contribution in [2.24, 2.45) is 0 Å². The van der Waals surface area contributed by atoms with Gasteiger partial charge in [0.15, 0.2) is 0 Å². The van der Waals surface area contributed by atoms with Crippen molar-refractivity contribution in [1.82, 2.24) is 14.8 Å². The van der Waals surface area contributed by atoms with Crippen molar-refractivity contribution in [2.75, 3.05) is 25.5 Å². The molecule has 2 heterocycles. The lowest BCUT2D eigenvalue weighted by atomic mass is 10.0. The summed E-state index contributed by atoms with van der Waals surface area (Å²) in [7, 11) is 1.74. The van der Waals surface area contributed by atoms with Crippen molar-refractivity contribution >= 4 is 17.6 Å². The van der Waals surface area contributed by atoms with Gasteiger partial charge >= 0.3 is 6.03 Å². The lowest BCUT2D eigenvalue weighted by Gasteiger charge is -2.36. The molecule has 34 heavy (non-hydrogen) atoms. The minimum absolute atomic E-state index is 0.00901. The molecule has 0 bridgehead atoms. The molecule has 0 aliphatic carbocycles. The fraction of sp³-hybridized carbons (Fsp3) is 0.269. The number of carbonyl (C=O) groups is 2. The van der Waals surface area contributed by atoms with Crippen molar-refractivity contribution in [3.05, 3.63) is 83.7 Å². The molecule has 8 heteroatoms. The SMILES string of the molecule is Cc1ccc(C(=O)N2CCC(N(C)C(=O)Nc3ccc(-c4cc(F)cc(F)c4)cc3)CC2)cn1. The minimum atomic E-state index is -0.641. The number of halogens is 2. The second kappa shape index (κ2) is 9.99. The number of urea groups is 1. The van der Waals surface area contributed by atoms with E-state index in [1.165, 1.54) is 12.1 Å². The third-order valence-corrected chi connectivity index (χ3v) is 6.11. The Bertz CT molecular complexity index is 1150. The Balaban J connectivity index is 1.31. The van der Waals surface area contributed by atoms with Gasteiger partial charge in [-0.2, -0.15) is 0 Å². The molecule has 1 saturated heterocycles. The molecular weight excluding hydrogens is 438 g/mol. The molecule has 0 atom stereocenters. The van der Waals surface area contributed by atoms with Gasteiger partial charge in [-0.1, -0.05) is 12.1 Å². The topological polar surface area (TPSA) is 65.5 Å². The molecule has 1 N–H and O–H groups in total. The highest BCUT2D eigenvalue weighted by molar-refractivity contribution is 5.94. The Morgan fingerprint density at radius 1 is 0.971 bits per heavy atom. The van der Waals surface area contributed by atoms with Gasteiger partial charge in [0.05, 0.1) is 5.56 Å². The van der Waals surface area contributed by atoms with Crippen LogP contribution in [0.5, 0.6) is 0 Å². The van der Waals surface area contributed by atoms with Gasteiger partial charge in [-0.05, 0) is 67.3 Å².